The van der Waals surface area contributed by atoms with Gasteiger partial charge in [0.25, 0.3) is 0 Å². The van der Waals surface area contributed by atoms with Crippen molar-refractivity contribution < 1.29 is 0 Å². The predicted molar refractivity (Wildman–Crippen MR) is 362 cm³/mol. The highest BCUT2D eigenvalue weighted by molar-refractivity contribution is 6.14. The summed E-state index contributed by atoms with van der Waals surface area (Å²) in [5.41, 5.74) is 22.2. The van der Waals surface area contributed by atoms with Crippen LogP contribution in [0.1, 0.15) is 105 Å². The first kappa shape index (κ1) is 53.7. The summed E-state index contributed by atoms with van der Waals surface area (Å²) in [6, 6.07) is 83.7. The van der Waals surface area contributed by atoms with Crippen LogP contribution in [-0.4, -0.2) is 23.7 Å². The van der Waals surface area contributed by atoms with Crippen molar-refractivity contribution in [1.82, 2.24) is 23.7 Å². The zero-order valence-corrected chi connectivity index (χ0v) is 51.1. The van der Waals surface area contributed by atoms with E-state index < -0.39 is 0 Å². The quantitative estimate of drug-likeness (QED) is 0.160. The van der Waals surface area contributed by atoms with Gasteiger partial charge in [0.15, 0.2) is 5.82 Å². The van der Waals surface area contributed by atoms with Gasteiger partial charge in [-0.15, -0.1) is 0 Å². The van der Waals surface area contributed by atoms with Gasteiger partial charge in [0.1, 0.15) is 0 Å². The molecule has 14 rings (SSSR count). The van der Waals surface area contributed by atoms with Gasteiger partial charge in [-0.1, -0.05) is 229 Å². The number of nitrogens with zero attached hydrogens (tertiary/aromatic N) is 5. The van der Waals surface area contributed by atoms with Gasteiger partial charge in [0, 0.05) is 49.0 Å². The van der Waals surface area contributed by atoms with E-state index in [4.69, 9.17) is 9.97 Å². The highest BCUT2D eigenvalue weighted by Crippen LogP contribution is 2.47. The van der Waals surface area contributed by atoms with E-state index in [1.807, 2.05) is 6.07 Å². The van der Waals surface area contributed by atoms with Crippen LogP contribution >= 0.6 is 0 Å². The number of para-hydroxylation sites is 2. The molecule has 0 saturated carbocycles. The van der Waals surface area contributed by atoms with Crippen molar-refractivity contribution in [2.75, 3.05) is 0 Å². The Morgan fingerprint density at radius 3 is 0.941 bits per heavy atom. The molecule has 0 fully saturated rings. The molecule has 0 aliphatic heterocycles. The van der Waals surface area contributed by atoms with E-state index in [1.165, 1.54) is 54.6 Å². The summed E-state index contributed by atoms with van der Waals surface area (Å²) in [5.74, 6) is 0.696. The van der Waals surface area contributed by atoms with Gasteiger partial charge in [-0.3, -0.25) is 0 Å². The van der Waals surface area contributed by atoms with Crippen LogP contribution in [0.25, 0.3) is 128 Å². The van der Waals surface area contributed by atoms with E-state index in [0.29, 0.717) is 5.82 Å². The van der Waals surface area contributed by atoms with Crippen LogP contribution in [0.3, 0.4) is 0 Å². The zero-order valence-electron chi connectivity index (χ0n) is 51.1. The van der Waals surface area contributed by atoms with Crippen molar-refractivity contribution in [3.63, 3.8) is 0 Å². The second kappa shape index (κ2) is 19.6. The van der Waals surface area contributed by atoms with Crippen LogP contribution in [0, 0.1) is 0 Å². The number of hydrogen-bond acceptors (Lipinski definition) is 2. The van der Waals surface area contributed by atoms with Crippen LogP contribution < -0.4 is 0 Å². The maximum absolute atomic E-state index is 5.27. The van der Waals surface area contributed by atoms with Crippen molar-refractivity contribution in [3.8, 4) is 62.1 Å². The maximum Gasteiger partial charge on any atom is 0.160 e. The third kappa shape index (κ3) is 9.24. The predicted octanol–water partition coefficient (Wildman–Crippen LogP) is 21.6. The van der Waals surface area contributed by atoms with Gasteiger partial charge in [-0.25, -0.2) is 9.97 Å². The molecule has 5 nitrogen and oxygen atoms in total. The fraction of sp³-hybridized carbons (Fsp3) is 0.200. The first-order chi connectivity index (χ1) is 40.7. The molecule has 0 N–H and O–H groups in total. The molecule has 0 spiro atoms. The molecule has 0 aliphatic rings. The standard InChI is InChI=1S/C80H73N5/c1-77(2,3)55-35-39-69-61(45-55)62-46-56(78(4,5)6)36-40-70(62)83(69)73-43-54(50-31-33-52(34-32-50)66-49-65(51-23-15-13-16-24-51)81-76(82-66)53-25-17-14-18-26-53)44-74(75(73)85-67-29-21-19-27-59(67)60-28-20-22-30-68(60)85)84-71-41-37-57(79(7,8)9)47-63(71)64-48-58(80(10,11)12)38-42-72(64)84/h13-49H,1-12H3. The van der Waals surface area contributed by atoms with Crippen LogP contribution in [0.2, 0.25) is 0 Å². The Hall–Kier alpha value is -9.32. The van der Waals surface area contributed by atoms with Crippen LogP contribution in [0.4, 0.5) is 0 Å². The Morgan fingerprint density at radius 1 is 0.247 bits per heavy atom. The van der Waals surface area contributed by atoms with Crippen LogP contribution in [0.15, 0.2) is 224 Å². The number of hydrogen-bond donors (Lipinski definition) is 0. The lowest BCUT2D eigenvalue weighted by atomic mass is 9.85. The van der Waals surface area contributed by atoms with Crippen molar-refractivity contribution in [2.45, 2.75) is 105 Å². The molecule has 5 heteroatoms. The monoisotopic (exact) mass is 1100 g/mol. The second-order valence-corrected chi connectivity index (χ2v) is 27.6. The molecular formula is C80H73N5. The van der Waals surface area contributed by atoms with Crippen molar-refractivity contribution >= 4 is 65.4 Å². The smallest absolute Gasteiger partial charge is 0.160 e. The minimum Gasteiger partial charge on any atom is -0.307 e. The summed E-state index contributed by atoms with van der Waals surface area (Å²) >= 11 is 0. The summed E-state index contributed by atoms with van der Waals surface area (Å²) in [6.45, 7) is 27.9. The molecule has 418 valence electrons. The molecular weight excluding hydrogens is 1030 g/mol. The van der Waals surface area contributed by atoms with Crippen LogP contribution in [-0.2, 0) is 21.7 Å². The number of benzene rings is 10. The molecule has 0 aliphatic carbocycles. The minimum atomic E-state index is -0.0636. The lowest BCUT2D eigenvalue weighted by Gasteiger charge is -2.24. The molecule has 0 bridgehead atoms. The van der Waals surface area contributed by atoms with E-state index in [2.05, 4.69) is 315 Å². The highest BCUT2D eigenvalue weighted by Gasteiger charge is 2.29. The molecule has 0 atom stereocenters. The summed E-state index contributed by atoms with van der Waals surface area (Å²) in [5, 5.41) is 7.40. The second-order valence-electron chi connectivity index (χ2n) is 27.6. The fourth-order valence-electron chi connectivity index (χ4n) is 12.8. The Labute approximate surface area is 499 Å². The largest absolute Gasteiger partial charge is 0.307 e. The van der Waals surface area contributed by atoms with E-state index in [1.54, 1.807) is 0 Å². The van der Waals surface area contributed by atoms with Gasteiger partial charge in [0.05, 0.1) is 61.6 Å². The summed E-state index contributed by atoms with van der Waals surface area (Å²) < 4.78 is 7.75. The molecule has 0 radical (unpaired) electrons. The Balaban J connectivity index is 1.13. The molecule has 0 unspecified atom stereocenters. The maximum atomic E-state index is 5.27. The molecule has 0 saturated heterocycles. The summed E-state index contributed by atoms with van der Waals surface area (Å²) in [7, 11) is 0. The summed E-state index contributed by atoms with van der Waals surface area (Å²) in [6.07, 6.45) is 0. The first-order valence-electron chi connectivity index (χ1n) is 30.1. The average Bonchev–Trinajstić information content (AvgIpc) is 1.69. The van der Waals surface area contributed by atoms with Gasteiger partial charge >= 0.3 is 0 Å². The topological polar surface area (TPSA) is 40.6 Å². The van der Waals surface area contributed by atoms with Gasteiger partial charge in [-0.05, 0) is 134 Å². The normalized spacial score (nSPS) is 12.7. The van der Waals surface area contributed by atoms with E-state index in [9.17, 15) is 0 Å². The molecule has 85 heavy (non-hydrogen) atoms. The van der Waals surface area contributed by atoms with Crippen LogP contribution in [0.5, 0.6) is 0 Å². The lowest BCUT2D eigenvalue weighted by Crippen LogP contribution is -2.12. The molecule has 14 aromatic rings. The Morgan fingerprint density at radius 2 is 0.565 bits per heavy atom. The van der Waals surface area contributed by atoms with Crippen molar-refractivity contribution in [2.24, 2.45) is 0 Å². The number of rotatable bonds is 7. The molecule has 4 aromatic heterocycles. The van der Waals surface area contributed by atoms with Gasteiger partial charge in [-0.2, -0.15) is 0 Å². The molecule has 0 amide bonds. The van der Waals surface area contributed by atoms with E-state index >= 15 is 0 Å². The summed E-state index contributed by atoms with van der Waals surface area (Å²) in [4.78, 5) is 10.4. The van der Waals surface area contributed by atoms with Crippen molar-refractivity contribution in [3.05, 3.63) is 247 Å². The third-order valence-electron chi connectivity index (χ3n) is 17.7. The van der Waals surface area contributed by atoms with E-state index in [-0.39, 0.29) is 21.7 Å². The SMILES string of the molecule is CC(C)(C)c1ccc2c(c1)c1cc(C(C)(C)C)ccc1n2-c1cc(-c2ccc(-c3cc(-c4ccccc4)nc(-c4ccccc4)n3)cc2)cc(-n2c3ccc(C(C)(C)C)cc3c3cc(C(C)(C)C)ccc32)c1-n1c2ccccc2c2ccccc21. The third-order valence-corrected chi connectivity index (χ3v) is 17.7. The van der Waals surface area contributed by atoms with Gasteiger partial charge in [0.2, 0.25) is 0 Å². The first-order valence-corrected chi connectivity index (χ1v) is 30.1. The zero-order chi connectivity index (χ0) is 58.9. The van der Waals surface area contributed by atoms with Gasteiger partial charge < -0.3 is 13.7 Å². The average molecular weight is 1100 g/mol. The number of aromatic nitrogens is 5. The Kier molecular flexibility index (Phi) is 12.4. The van der Waals surface area contributed by atoms with E-state index in [0.717, 1.165) is 89.4 Å². The number of fused-ring (bicyclic) bond motifs is 9. The minimum absolute atomic E-state index is 0.0636. The van der Waals surface area contributed by atoms with Crippen molar-refractivity contribution in [1.29, 1.82) is 0 Å². The molecule has 10 aromatic carbocycles. The Bertz CT molecular complexity index is 4520. The fourth-order valence-corrected chi connectivity index (χ4v) is 12.8. The highest BCUT2D eigenvalue weighted by atomic mass is 15.1. The molecule has 4 heterocycles. The lowest BCUT2D eigenvalue weighted by molar-refractivity contribution is 0.590.